The average Bonchev–Trinajstić information content (AvgIpc) is 3.27. The van der Waals surface area contributed by atoms with Crippen LogP contribution in [0.5, 0.6) is 0 Å². The number of amides is 1. The summed E-state index contributed by atoms with van der Waals surface area (Å²) in [6.45, 7) is 0. The molecule has 2 aromatic heterocycles. The van der Waals surface area contributed by atoms with Crippen molar-refractivity contribution in [2.45, 2.75) is 37.2 Å². The molecule has 1 aliphatic carbocycles. The van der Waals surface area contributed by atoms with Crippen molar-refractivity contribution in [3.63, 3.8) is 0 Å². The first-order valence-electron chi connectivity index (χ1n) is 9.78. The van der Waals surface area contributed by atoms with Gasteiger partial charge >= 0.3 is 18.3 Å². The van der Waals surface area contributed by atoms with Gasteiger partial charge in [0.15, 0.2) is 11.5 Å². The number of halogens is 9. The Morgan fingerprint density at radius 2 is 1.77 bits per heavy atom. The third-order valence-electron chi connectivity index (χ3n) is 5.14. The maximum absolute atomic E-state index is 13.9. The van der Waals surface area contributed by atoms with E-state index >= 15 is 0 Å². The molecule has 1 aromatic carbocycles. The smallest absolute Gasteiger partial charge is 0.356 e. The summed E-state index contributed by atoms with van der Waals surface area (Å²) in [5, 5.41) is 9.04. The minimum atomic E-state index is -6.33. The number of nitrogens with zero attached hydrogens (tertiary/aromatic N) is 3. The number of carbonyl (C=O) groups is 1. The Hall–Kier alpha value is -3.16. The summed E-state index contributed by atoms with van der Waals surface area (Å²) < 4.78 is 113. The van der Waals surface area contributed by atoms with Gasteiger partial charge in [0.2, 0.25) is 0 Å². The van der Waals surface area contributed by atoms with Crippen molar-refractivity contribution in [1.82, 2.24) is 20.3 Å². The van der Waals surface area contributed by atoms with Crippen LogP contribution in [0.15, 0.2) is 28.8 Å². The maximum Gasteiger partial charge on any atom is 0.459 e. The quantitative estimate of drug-likeness (QED) is 0.415. The number of rotatable bonds is 5. The van der Waals surface area contributed by atoms with Gasteiger partial charge in [-0.1, -0.05) is 16.8 Å². The number of carbonyl (C=O) groups excluding carboxylic acids is 1. The van der Waals surface area contributed by atoms with Crippen LogP contribution in [0.3, 0.4) is 0 Å². The van der Waals surface area contributed by atoms with Crippen LogP contribution in [0.2, 0.25) is 5.02 Å². The van der Waals surface area contributed by atoms with Crippen LogP contribution in [0, 0.1) is 0 Å². The second kappa shape index (κ2) is 8.21. The topological polar surface area (TPSA) is 73.0 Å². The minimum Gasteiger partial charge on any atom is -0.356 e. The van der Waals surface area contributed by atoms with Gasteiger partial charge in [0.25, 0.3) is 5.91 Å². The van der Waals surface area contributed by atoms with E-state index in [1.54, 1.807) is 0 Å². The molecular weight excluding hydrogens is 516 g/mol. The van der Waals surface area contributed by atoms with Crippen LogP contribution in [-0.2, 0) is 19.1 Å². The zero-order valence-electron chi connectivity index (χ0n) is 17.4. The lowest BCUT2D eigenvalue weighted by molar-refractivity contribution is -0.292. The Bertz CT molecular complexity index is 1290. The zero-order chi connectivity index (χ0) is 25.9. The minimum absolute atomic E-state index is 0.00811. The van der Waals surface area contributed by atoms with Gasteiger partial charge in [0.1, 0.15) is 17.0 Å². The van der Waals surface area contributed by atoms with Crippen LogP contribution in [-0.4, -0.2) is 33.1 Å². The summed E-state index contributed by atoms with van der Waals surface area (Å²) in [4.78, 5) is 12.4. The molecule has 1 saturated carbocycles. The van der Waals surface area contributed by atoms with E-state index in [0.717, 1.165) is 26.0 Å². The fourth-order valence-corrected chi connectivity index (χ4v) is 3.51. The lowest BCUT2D eigenvalue weighted by atomic mass is 10.0. The van der Waals surface area contributed by atoms with E-state index in [2.05, 4.69) is 15.6 Å². The molecule has 0 aliphatic heterocycles. The first kappa shape index (κ1) is 24.9. The van der Waals surface area contributed by atoms with Gasteiger partial charge in [-0.25, -0.2) is 0 Å². The van der Waals surface area contributed by atoms with Gasteiger partial charge in [-0.05, 0) is 31.0 Å². The average molecular weight is 529 g/mol. The summed E-state index contributed by atoms with van der Waals surface area (Å²) in [5.74, 6) is -6.58. The Labute approximate surface area is 195 Å². The van der Waals surface area contributed by atoms with Crippen LogP contribution >= 0.6 is 11.6 Å². The van der Waals surface area contributed by atoms with Crippen LogP contribution in [0.4, 0.5) is 35.1 Å². The summed E-state index contributed by atoms with van der Waals surface area (Å²) in [6, 6.07) is 4.87. The second-order valence-electron chi connectivity index (χ2n) is 7.78. The molecule has 35 heavy (non-hydrogen) atoms. The summed E-state index contributed by atoms with van der Waals surface area (Å²) in [7, 11) is 0.761. The number of alkyl halides is 8. The maximum atomic E-state index is 13.9. The van der Waals surface area contributed by atoms with E-state index in [1.807, 2.05) is 0 Å². The lowest BCUT2D eigenvalue weighted by Gasteiger charge is -2.19. The molecule has 4 rings (SSSR count). The fourth-order valence-electron chi connectivity index (χ4n) is 3.31. The van der Waals surface area contributed by atoms with E-state index in [0.29, 0.717) is 0 Å². The van der Waals surface area contributed by atoms with Gasteiger partial charge in [-0.3, -0.25) is 9.48 Å². The number of hydrogen-bond donors (Lipinski definition) is 1. The number of hydrogen-bond acceptors (Lipinski definition) is 4. The number of aryl methyl sites for hydroxylation is 1. The van der Waals surface area contributed by atoms with Gasteiger partial charge in [-0.2, -0.15) is 40.2 Å². The Morgan fingerprint density at radius 1 is 1.11 bits per heavy atom. The van der Waals surface area contributed by atoms with Crippen molar-refractivity contribution in [3.05, 3.63) is 46.1 Å². The van der Waals surface area contributed by atoms with Crippen molar-refractivity contribution >= 4 is 17.5 Å². The number of nitrogens with one attached hydrogen (secondary N) is 1. The van der Waals surface area contributed by atoms with Crippen LogP contribution in [0.1, 0.15) is 34.5 Å². The first-order valence-corrected chi connectivity index (χ1v) is 10.2. The molecule has 0 saturated heterocycles. The van der Waals surface area contributed by atoms with Gasteiger partial charge in [0, 0.05) is 24.7 Å². The van der Waals surface area contributed by atoms with E-state index in [4.69, 9.17) is 16.1 Å². The Kier molecular flexibility index (Phi) is 5.85. The fraction of sp³-hybridized carbons (Fsp3) is 0.350. The second-order valence-corrected chi connectivity index (χ2v) is 8.19. The van der Waals surface area contributed by atoms with Crippen molar-refractivity contribution in [2.75, 3.05) is 0 Å². The highest BCUT2D eigenvalue weighted by atomic mass is 35.5. The summed E-state index contributed by atoms with van der Waals surface area (Å²) in [5.41, 5.74) is -6.49. The highest BCUT2D eigenvalue weighted by Gasteiger charge is 2.64. The third kappa shape index (κ3) is 4.58. The molecule has 0 radical (unpaired) electrons. The SMILES string of the molecule is Cn1nc(C(F)(F)C(F)(F)F)c(C(F)(F)F)c1-c1cc(-c2ccc(Cl)c(C(=O)NC3CC3)c2)on1. The van der Waals surface area contributed by atoms with Gasteiger partial charge in [0.05, 0.1) is 10.6 Å². The van der Waals surface area contributed by atoms with Crippen molar-refractivity contribution < 1.29 is 44.4 Å². The highest BCUT2D eigenvalue weighted by molar-refractivity contribution is 6.34. The molecule has 1 amide bonds. The molecule has 6 nitrogen and oxygen atoms in total. The largest absolute Gasteiger partial charge is 0.459 e. The molecular formula is C20H13ClF8N4O2. The van der Waals surface area contributed by atoms with Gasteiger partial charge in [-0.15, -0.1) is 0 Å². The predicted molar refractivity (Wildman–Crippen MR) is 105 cm³/mol. The molecule has 3 aromatic rings. The van der Waals surface area contributed by atoms with E-state index in [9.17, 15) is 39.9 Å². The molecule has 0 unspecified atom stereocenters. The van der Waals surface area contributed by atoms with E-state index in [-0.39, 0.29) is 32.6 Å². The lowest BCUT2D eigenvalue weighted by Crippen LogP contribution is -2.36. The monoisotopic (exact) mass is 528 g/mol. The molecule has 188 valence electrons. The predicted octanol–water partition coefficient (Wildman–Crippen LogP) is 5.96. The summed E-state index contributed by atoms with van der Waals surface area (Å²) >= 11 is 6.05. The summed E-state index contributed by atoms with van der Waals surface area (Å²) in [6.07, 6.45) is -10.4. The van der Waals surface area contributed by atoms with Crippen LogP contribution < -0.4 is 5.32 Å². The molecule has 1 N–H and O–H groups in total. The van der Waals surface area contributed by atoms with Crippen molar-refractivity contribution in [3.8, 4) is 22.7 Å². The van der Waals surface area contributed by atoms with E-state index < -0.39 is 46.8 Å². The first-order chi connectivity index (χ1) is 16.1. The molecule has 2 heterocycles. The van der Waals surface area contributed by atoms with Crippen LogP contribution in [0.25, 0.3) is 22.7 Å². The molecule has 0 spiro atoms. The zero-order valence-corrected chi connectivity index (χ0v) is 18.1. The Balaban J connectivity index is 1.79. The van der Waals surface area contributed by atoms with Crippen molar-refractivity contribution in [2.24, 2.45) is 7.05 Å². The molecule has 15 heteroatoms. The van der Waals surface area contributed by atoms with E-state index in [1.165, 1.54) is 18.2 Å². The Morgan fingerprint density at radius 3 is 2.34 bits per heavy atom. The standard InChI is InChI=1S/C20H13ClF8N4O2/c1-33-15(14(19(24,25)26)16(31-33)18(22,23)20(27,28)29)12-7-13(35-32-12)8-2-5-11(21)10(6-8)17(34)30-9-3-4-9/h2,5-7,9H,3-4H2,1H3,(H,30,34). The van der Waals surface area contributed by atoms with Crippen molar-refractivity contribution in [1.29, 1.82) is 0 Å². The normalized spacial score (nSPS) is 14.9. The molecule has 1 aliphatic rings. The van der Waals surface area contributed by atoms with Gasteiger partial charge < -0.3 is 9.84 Å². The number of aromatic nitrogens is 3. The molecule has 0 atom stereocenters. The highest BCUT2D eigenvalue weighted by Crippen LogP contribution is 2.50. The molecule has 0 bridgehead atoms. The molecule has 1 fully saturated rings. The third-order valence-corrected chi connectivity index (χ3v) is 5.47. The number of benzene rings is 1.